The Morgan fingerprint density at radius 3 is 1.57 bits per heavy atom. The number of likely N-dealkylation sites (tertiary alicyclic amines) is 2. The summed E-state index contributed by atoms with van der Waals surface area (Å²) in [6.45, 7) is 5.94. The molecule has 0 saturated carbocycles. The summed E-state index contributed by atoms with van der Waals surface area (Å²) >= 11 is 0. The van der Waals surface area contributed by atoms with Crippen LogP contribution in [0.1, 0.15) is 162 Å². The Morgan fingerprint density at radius 2 is 1.09 bits per heavy atom. The van der Waals surface area contributed by atoms with Crippen molar-refractivity contribution in [3.8, 4) is 0 Å². The van der Waals surface area contributed by atoms with Gasteiger partial charge < -0.3 is 25.5 Å². The van der Waals surface area contributed by atoms with Crippen molar-refractivity contribution in [2.24, 2.45) is 0 Å². The third-order valence-corrected chi connectivity index (χ3v) is 9.57. The molecule has 0 aromatic rings. The Labute approximate surface area is 278 Å². The molecule has 264 valence electrons. The number of rotatable bonds is 25. The predicted octanol–water partition coefficient (Wildman–Crippen LogP) is 6.11. The number of carboxylic acid groups (broad SMARTS) is 1. The minimum absolute atomic E-state index is 0.0193. The Morgan fingerprint density at radius 1 is 0.630 bits per heavy atom. The highest BCUT2D eigenvalue weighted by Crippen LogP contribution is 2.22. The first-order chi connectivity index (χ1) is 22.3. The third-order valence-electron chi connectivity index (χ3n) is 9.57. The lowest BCUT2D eigenvalue weighted by molar-refractivity contribution is -0.144. The van der Waals surface area contributed by atoms with E-state index in [1.165, 1.54) is 51.4 Å². The van der Waals surface area contributed by atoms with Crippen molar-refractivity contribution in [1.29, 1.82) is 0 Å². The maximum Gasteiger partial charge on any atom is 0.326 e. The molecule has 0 aliphatic carbocycles. The van der Waals surface area contributed by atoms with Crippen molar-refractivity contribution in [3.63, 3.8) is 0 Å². The highest BCUT2D eigenvalue weighted by molar-refractivity contribution is 5.91. The van der Waals surface area contributed by atoms with Gasteiger partial charge in [-0.2, -0.15) is 0 Å². The van der Waals surface area contributed by atoms with Crippen molar-refractivity contribution in [2.75, 3.05) is 19.6 Å². The molecule has 2 aliphatic heterocycles. The molecule has 2 heterocycles. The molecule has 2 aliphatic rings. The van der Waals surface area contributed by atoms with E-state index in [1.807, 2.05) is 0 Å². The number of carbonyl (C=O) groups is 5. The Bertz CT molecular complexity index is 928. The molecule has 0 spiro atoms. The van der Waals surface area contributed by atoms with Gasteiger partial charge in [-0.25, -0.2) is 4.79 Å². The number of hydrogen-bond acceptors (Lipinski definition) is 5. The molecule has 2 rings (SSSR count). The number of carbonyl (C=O) groups excluding carboxylic acids is 4. The number of hydrogen-bond donors (Lipinski definition) is 3. The van der Waals surface area contributed by atoms with Crippen LogP contribution in [0.25, 0.3) is 0 Å². The van der Waals surface area contributed by atoms with Crippen LogP contribution < -0.4 is 10.6 Å². The van der Waals surface area contributed by atoms with Gasteiger partial charge in [-0.05, 0) is 57.8 Å². The zero-order chi connectivity index (χ0) is 33.6. The largest absolute Gasteiger partial charge is 0.480 e. The van der Waals surface area contributed by atoms with Crippen LogP contribution in [0, 0.1) is 0 Å². The molecule has 2 fully saturated rings. The quantitative estimate of drug-likeness (QED) is 0.102. The van der Waals surface area contributed by atoms with Crippen LogP contribution >= 0.6 is 0 Å². The molecule has 3 atom stereocenters. The van der Waals surface area contributed by atoms with Gasteiger partial charge in [-0.1, -0.05) is 90.9 Å². The van der Waals surface area contributed by atoms with E-state index in [2.05, 4.69) is 24.5 Å². The molecule has 0 bridgehead atoms. The molecule has 0 aromatic heterocycles. The van der Waals surface area contributed by atoms with E-state index >= 15 is 0 Å². The number of unbranched alkanes of at least 4 members (excludes halogenated alkanes) is 13. The second-order valence-corrected chi connectivity index (χ2v) is 13.4. The van der Waals surface area contributed by atoms with Crippen LogP contribution in [-0.2, 0) is 24.0 Å². The smallest absolute Gasteiger partial charge is 0.326 e. The first-order valence-corrected chi connectivity index (χ1v) is 18.7. The summed E-state index contributed by atoms with van der Waals surface area (Å²) in [5, 5.41) is 15.4. The maximum absolute atomic E-state index is 13.0. The molecular formula is C36H64N4O6. The zero-order valence-electron chi connectivity index (χ0n) is 29.0. The summed E-state index contributed by atoms with van der Waals surface area (Å²) < 4.78 is 0. The van der Waals surface area contributed by atoms with E-state index in [0.717, 1.165) is 51.4 Å². The SMILES string of the molecule is CCCCCCCCCC(=O)N1CCCC1C(=O)NCCCCC(NC(=O)C1CCCN1C(=O)CCCCCCCCC)C(=O)O. The summed E-state index contributed by atoms with van der Waals surface area (Å²) in [4.78, 5) is 66.8. The van der Waals surface area contributed by atoms with E-state index in [-0.39, 0.29) is 24.1 Å². The first kappa shape index (κ1) is 39.5. The summed E-state index contributed by atoms with van der Waals surface area (Å²) in [6, 6.07) is -2.08. The molecule has 3 unspecified atom stereocenters. The lowest BCUT2D eigenvalue weighted by atomic mass is 10.1. The molecule has 0 radical (unpaired) electrons. The molecule has 2 saturated heterocycles. The zero-order valence-corrected chi connectivity index (χ0v) is 29.0. The summed E-state index contributed by atoms with van der Waals surface area (Å²) in [5.41, 5.74) is 0. The highest BCUT2D eigenvalue weighted by atomic mass is 16.4. The van der Waals surface area contributed by atoms with Gasteiger partial charge in [0.25, 0.3) is 0 Å². The van der Waals surface area contributed by atoms with Crippen molar-refractivity contribution in [3.05, 3.63) is 0 Å². The van der Waals surface area contributed by atoms with E-state index in [0.29, 0.717) is 58.2 Å². The van der Waals surface area contributed by atoms with Crippen LogP contribution in [0.15, 0.2) is 0 Å². The van der Waals surface area contributed by atoms with Crippen molar-refractivity contribution >= 4 is 29.6 Å². The second-order valence-electron chi connectivity index (χ2n) is 13.4. The summed E-state index contributed by atoms with van der Waals surface area (Å²) in [7, 11) is 0. The number of aliphatic carboxylic acids is 1. The average molecular weight is 649 g/mol. The van der Waals surface area contributed by atoms with Gasteiger partial charge in [0.05, 0.1) is 0 Å². The number of nitrogens with zero attached hydrogens (tertiary/aromatic N) is 2. The van der Waals surface area contributed by atoms with Crippen LogP contribution in [-0.4, -0.2) is 82.3 Å². The summed E-state index contributed by atoms with van der Waals surface area (Å²) in [6.07, 6.45) is 20.9. The van der Waals surface area contributed by atoms with Crippen molar-refractivity contribution < 1.29 is 29.1 Å². The lowest BCUT2D eigenvalue weighted by Crippen LogP contribution is -2.50. The lowest BCUT2D eigenvalue weighted by Gasteiger charge is -2.26. The molecule has 10 nitrogen and oxygen atoms in total. The predicted molar refractivity (Wildman–Crippen MR) is 181 cm³/mol. The standard InChI is InChI=1S/C36H64N4O6/c1-3-5-7-9-11-13-15-24-32(41)39-27-19-22-30(39)34(43)37-26-18-17-21-29(36(45)46)38-35(44)31-23-20-28-40(31)33(42)25-16-14-12-10-8-6-4-2/h29-31H,3-28H2,1-2H3,(H,37,43)(H,38,44)(H,45,46). The van der Waals surface area contributed by atoms with E-state index in [4.69, 9.17) is 0 Å². The minimum atomic E-state index is -1.10. The van der Waals surface area contributed by atoms with Gasteiger partial charge in [0.15, 0.2) is 0 Å². The second kappa shape index (κ2) is 23.6. The first-order valence-electron chi connectivity index (χ1n) is 18.7. The Kier molecular flexibility index (Phi) is 20.3. The maximum atomic E-state index is 13.0. The third kappa shape index (κ3) is 14.8. The van der Waals surface area contributed by atoms with Gasteiger partial charge >= 0.3 is 5.97 Å². The van der Waals surface area contributed by atoms with Crippen molar-refractivity contribution in [2.45, 2.75) is 180 Å². The van der Waals surface area contributed by atoms with Crippen LogP contribution in [0.3, 0.4) is 0 Å². The normalized spacial score (nSPS) is 18.5. The molecule has 3 N–H and O–H groups in total. The van der Waals surface area contributed by atoms with Gasteiger partial charge in [-0.3, -0.25) is 19.2 Å². The number of amides is 4. The van der Waals surface area contributed by atoms with Gasteiger partial charge in [0.1, 0.15) is 18.1 Å². The van der Waals surface area contributed by atoms with E-state index < -0.39 is 30.0 Å². The fourth-order valence-electron chi connectivity index (χ4n) is 6.76. The fourth-order valence-corrected chi connectivity index (χ4v) is 6.76. The van der Waals surface area contributed by atoms with Gasteiger partial charge in [0, 0.05) is 32.5 Å². The summed E-state index contributed by atoms with van der Waals surface area (Å²) in [5.74, 6) is -1.59. The van der Waals surface area contributed by atoms with Gasteiger partial charge in [0.2, 0.25) is 23.6 Å². The topological polar surface area (TPSA) is 136 Å². The molecule has 10 heteroatoms. The fraction of sp³-hybridized carbons (Fsp3) is 0.861. The molecule has 4 amide bonds. The minimum Gasteiger partial charge on any atom is -0.480 e. The molecule has 46 heavy (non-hydrogen) atoms. The van der Waals surface area contributed by atoms with E-state index in [9.17, 15) is 29.1 Å². The average Bonchev–Trinajstić information content (AvgIpc) is 3.74. The highest BCUT2D eigenvalue weighted by Gasteiger charge is 2.36. The van der Waals surface area contributed by atoms with Crippen LogP contribution in [0.2, 0.25) is 0 Å². The molecule has 0 aromatic carbocycles. The number of carboxylic acids is 1. The van der Waals surface area contributed by atoms with Crippen molar-refractivity contribution in [1.82, 2.24) is 20.4 Å². The Balaban J connectivity index is 1.67. The van der Waals surface area contributed by atoms with Crippen LogP contribution in [0.4, 0.5) is 0 Å². The van der Waals surface area contributed by atoms with Crippen LogP contribution in [0.5, 0.6) is 0 Å². The Hall–Kier alpha value is -2.65. The monoisotopic (exact) mass is 648 g/mol. The number of nitrogens with one attached hydrogen (secondary N) is 2. The molecular weight excluding hydrogens is 584 g/mol. The van der Waals surface area contributed by atoms with Gasteiger partial charge in [-0.15, -0.1) is 0 Å². The van der Waals surface area contributed by atoms with E-state index in [1.54, 1.807) is 9.80 Å².